The van der Waals surface area contributed by atoms with E-state index in [-0.39, 0.29) is 12.1 Å². The molecular formula is C18H13F2N3O3S. The summed E-state index contributed by atoms with van der Waals surface area (Å²) < 4.78 is 30.8. The van der Waals surface area contributed by atoms with Gasteiger partial charge in [-0.1, -0.05) is 0 Å². The van der Waals surface area contributed by atoms with Crippen molar-refractivity contribution in [3.05, 3.63) is 65.4 Å². The molecule has 0 saturated carbocycles. The topological polar surface area (TPSA) is 81.2 Å². The number of pyridine rings is 1. The number of hydrogen-bond acceptors (Lipinski definition) is 6. The van der Waals surface area contributed by atoms with Crippen molar-refractivity contribution in [2.45, 2.75) is 6.42 Å². The zero-order valence-electron chi connectivity index (χ0n) is 13.8. The van der Waals surface area contributed by atoms with Crippen LogP contribution in [0, 0.1) is 11.6 Å². The lowest BCUT2D eigenvalue weighted by Crippen LogP contribution is -2.21. The molecule has 1 aromatic carbocycles. The fourth-order valence-corrected chi connectivity index (χ4v) is 2.94. The largest absolute Gasteiger partial charge is 0.455 e. The Labute approximate surface area is 156 Å². The van der Waals surface area contributed by atoms with E-state index < -0.39 is 30.1 Å². The summed E-state index contributed by atoms with van der Waals surface area (Å²) in [6, 6.07) is 6.57. The van der Waals surface area contributed by atoms with Crippen LogP contribution in [-0.4, -0.2) is 28.5 Å². The van der Waals surface area contributed by atoms with Gasteiger partial charge in [0.15, 0.2) is 18.2 Å². The number of carbonyl (C=O) groups excluding carboxylic acids is 2. The van der Waals surface area contributed by atoms with Crippen LogP contribution in [0.3, 0.4) is 0 Å². The van der Waals surface area contributed by atoms with Gasteiger partial charge in [-0.3, -0.25) is 14.6 Å². The van der Waals surface area contributed by atoms with E-state index in [2.05, 4.69) is 15.3 Å². The molecule has 0 saturated heterocycles. The molecule has 1 N–H and O–H groups in total. The monoisotopic (exact) mass is 389 g/mol. The Balaban J connectivity index is 1.49. The molecule has 138 valence electrons. The number of nitrogens with one attached hydrogen (secondary N) is 1. The first-order chi connectivity index (χ1) is 13.0. The van der Waals surface area contributed by atoms with Crippen molar-refractivity contribution < 1.29 is 23.1 Å². The third-order valence-electron chi connectivity index (χ3n) is 3.35. The fourth-order valence-electron chi connectivity index (χ4n) is 2.13. The highest BCUT2D eigenvalue weighted by molar-refractivity contribution is 7.13. The number of anilines is 1. The molecule has 3 rings (SSSR count). The van der Waals surface area contributed by atoms with Gasteiger partial charge < -0.3 is 10.1 Å². The molecule has 0 aliphatic carbocycles. The number of halogens is 2. The Kier molecular flexibility index (Phi) is 5.82. The van der Waals surface area contributed by atoms with Crippen LogP contribution in [0.5, 0.6) is 0 Å². The number of ether oxygens (including phenoxy) is 1. The van der Waals surface area contributed by atoms with E-state index in [0.717, 1.165) is 22.7 Å². The molecule has 27 heavy (non-hydrogen) atoms. The van der Waals surface area contributed by atoms with Gasteiger partial charge in [0.25, 0.3) is 5.91 Å². The van der Waals surface area contributed by atoms with E-state index in [1.54, 1.807) is 23.8 Å². The maximum Gasteiger partial charge on any atom is 0.312 e. The van der Waals surface area contributed by atoms with E-state index >= 15 is 0 Å². The minimum Gasteiger partial charge on any atom is -0.455 e. The molecule has 9 heteroatoms. The van der Waals surface area contributed by atoms with Gasteiger partial charge in [0.2, 0.25) is 0 Å². The molecule has 0 unspecified atom stereocenters. The molecule has 0 atom stereocenters. The van der Waals surface area contributed by atoms with Gasteiger partial charge in [-0.05, 0) is 24.3 Å². The summed E-state index contributed by atoms with van der Waals surface area (Å²) in [5.74, 6) is -3.40. The Bertz CT molecular complexity index is 963. The average Bonchev–Trinajstić information content (AvgIpc) is 3.12. The minimum atomic E-state index is -1.09. The van der Waals surface area contributed by atoms with Crippen molar-refractivity contribution in [2.75, 3.05) is 11.9 Å². The van der Waals surface area contributed by atoms with Gasteiger partial charge in [0, 0.05) is 35.1 Å². The van der Waals surface area contributed by atoms with Crippen LogP contribution in [0.2, 0.25) is 0 Å². The average molecular weight is 389 g/mol. The molecule has 3 aromatic rings. The molecule has 1 amide bonds. The number of nitrogens with zero attached hydrogens (tertiary/aromatic N) is 2. The Hall–Kier alpha value is -3.20. The maximum absolute atomic E-state index is 13.1. The molecule has 0 bridgehead atoms. The predicted octanol–water partition coefficient (Wildman–Crippen LogP) is 3.21. The molecule has 2 aromatic heterocycles. The van der Waals surface area contributed by atoms with Crippen LogP contribution in [-0.2, 0) is 20.7 Å². The molecule has 0 aliphatic heterocycles. The second kappa shape index (κ2) is 8.45. The number of amides is 1. The first kappa shape index (κ1) is 18.6. The maximum atomic E-state index is 13.1. The standard InChI is InChI=1S/C18H13F2N3O3S/c19-14-4-3-12(6-15(14)20)22-16(24)9-26-17(25)7-13-10-27-18(23-13)11-2-1-5-21-8-11/h1-6,8,10H,7,9H2,(H,22,24). The highest BCUT2D eigenvalue weighted by atomic mass is 32.1. The lowest BCUT2D eigenvalue weighted by molar-refractivity contribution is -0.146. The molecule has 0 spiro atoms. The van der Waals surface area contributed by atoms with Gasteiger partial charge in [-0.25, -0.2) is 13.8 Å². The van der Waals surface area contributed by atoms with Crippen LogP contribution in [0.25, 0.3) is 10.6 Å². The number of hydrogen-bond donors (Lipinski definition) is 1. The van der Waals surface area contributed by atoms with Crippen LogP contribution in [0.1, 0.15) is 5.69 Å². The van der Waals surface area contributed by atoms with Crippen molar-refractivity contribution in [3.8, 4) is 10.6 Å². The summed E-state index contributed by atoms with van der Waals surface area (Å²) in [4.78, 5) is 31.9. The first-order valence-electron chi connectivity index (χ1n) is 7.76. The number of aromatic nitrogens is 2. The number of carbonyl (C=O) groups is 2. The van der Waals surface area contributed by atoms with Gasteiger partial charge in [0.1, 0.15) is 5.01 Å². The molecule has 0 aliphatic rings. The molecule has 2 heterocycles. The van der Waals surface area contributed by atoms with E-state index in [4.69, 9.17) is 4.74 Å². The van der Waals surface area contributed by atoms with Gasteiger partial charge in [-0.15, -0.1) is 11.3 Å². The molecule has 0 fully saturated rings. The second-order valence-electron chi connectivity index (χ2n) is 5.40. The number of rotatable bonds is 6. The number of esters is 1. The van der Waals surface area contributed by atoms with E-state index in [1.165, 1.54) is 17.4 Å². The third-order valence-corrected chi connectivity index (χ3v) is 4.29. The normalized spacial score (nSPS) is 10.4. The summed E-state index contributed by atoms with van der Waals surface area (Å²) >= 11 is 1.37. The molecular weight excluding hydrogens is 376 g/mol. The predicted molar refractivity (Wildman–Crippen MR) is 95.0 cm³/mol. The molecule has 6 nitrogen and oxygen atoms in total. The first-order valence-corrected chi connectivity index (χ1v) is 8.64. The Morgan fingerprint density at radius 2 is 2.04 bits per heavy atom. The zero-order chi connectivity index (χ0) is 19.2. The Morgan fingerprint density at radius 3 is 2.78 bits per heavy atom. The Morgan fingerprint density at radius 1 is 1.19 bits per heavy atom. The van der Waals surface area contributed by atoms with E-state index in [0.29, 0.717) is 5.69 Å². The smallest absolute Gasteiger partial charge is 0.312 e. The highest BCUT2D eigenvalue weighted by Crippen LogP contribution is 2.22. The summed E-state index contributed by atoms with van der Waals surface area (Å²) in [5, 5.41) is 4.76. The fraction of sp³-hybridized carbons (Fsp3) is 0.111. The van der Waals surface area contributed by atoms with Crippen molar-refractivity contribution in [3.63, 3.8) is 0 Å². The highest BCUT2D eigenvalue weighted by Gasteiger charge is 2.13. The summed E-state index contributed by atoms with van der Waals surface area (Å²) in [6.45, 7) is -0.544. The molecule has 0 radical (unpaired) electrons. The second-order valence-corrected chi connectivity index (χ2v) is 6.26. The number of benzene rings is 1. The van der Waals surface area contributed by atoms with Crippen molar-refractivity contribution in [1.29, 1.82) is 0 Å². The summed E-state index contributed by atoms with van der Waals surface area (Å²) in [7, 11) is 0. The van der Waals surface area contributed by atoms with Gasteiger partial charge in [-0.2, -0.15) is 0 Å². The summed E-state index contributed by atoms with van der Waals surface area (Å²) in [5.41, 5.74) is 1.42. The van der Waals surface area contributed by atoms with E-state index in [9.17, 15) is 18.4 Å². The third kappa shape index (κ3) is 5.14. The van der Waals surface area contributed by atoms with Crippen LogP contribution >= 0.6 is 11.3 Å². The summed E-state index contributed by atoms with van der Waals surface area (Å²) in [6.07, 6.45) is 3.24. The van der Waals surface area contributed by atoms with Gasteiger partial charge >= 0.3 is 5.97 Å². The lowest BCUT2D eigenvalue weighted by Gasteiger charge is -2.06. The number of thiazole rings is 1. The van der Waals surface area contributed by atoms with Crippen LogP contribution in [0.15, 0.2) is 48.1 Å². The quantitative estimate of drug-likeness (QED) is 0.655. The minimum absolute atomic E-state index is 0.0653. The zero-order valence-corrected chi connectivity index (χ0v) is 14.6. The van der Waals surface area contributed by atoms with Crippen molar-refractivity contribution >= 4 is 28.9 Å². The van der Waals surface area contributed by atoms with Crippen molar-refractivity contribution in [1.82, 2.24) is 9.97 Å². The SMILES string of the molecule is O=C(COC(=O)Cc1csc(-c2cccnc2)n1)Nc1ccc(F)c(F)c1. The van der Waals surface area contributed by atoms with Crippen LogP contribution < -0.4 is 5.32 Å². The van der Waals surface area contributed by atoms with Gasteiger partial charge in [0.05, 0.1) is 12.1 Å². The van der Waals surface area contributed by atoms with Crippen molar-refractivity contribution in [2.24, 2.45) is 0 Å². The lowest BCUT2D eigenvalue weighted by atomic mass is 10.3. The van der Waals surface area contributed by atoms with Crippen LogP contribution in [0.4, 0.5) is 14.5 Å². The van der Waals surface area contributed by atoms with E-state index in [1.807, 2.05) is 6.07 Å².